The van der Waals surface area contributed by atoms with E-state index in [4.69, 9.17) is 16.3 Å². The maximum atomic E-state index is 12.0. The maximum absolute atomic E-state index is 12.0. The number of nitrogens with zero attached hydrogens (tertiary/aromatic N) is 1. The van der Waals surface area contributed by atoms with Gasteiger partial charge in [0, 0.05) is 15.1 Å². The van der Waals surface area contributed by atoms with Crippen molar-refractivity contribution < 1.29 is 13.2 Å². The fourth-order valence-electron chi connectivity index (χ4n) is 1.58. The molecule has 0 bridgehead atoms. The topological polar surface area (TPSA) is 67.8 Å². The number of benzene rings is 2. The molecule has 0 atom stereocenters. The molecule has 0 unspecified atom stereocenters. The molecule has 0 aliphatic carbocycles. The van der Waals surface area contributed by atoms with Gasteiger partial charge in [-0.1, -0.05) is 27.5 Å². The summed E-state index contributed by atoms with van der Waals surface area (Å²) in [5, 5.41) is 4.23. The molecule has 0 heterocycles. The summed E-state index contributed by atoms with van der Waals surface area (Å²) in [5.41, 5.74) is 0.679. The molecule has 0 spiro atoms. The average molecular weight is 404 g/mol. The number of rotatable bonds is 5. The Kier molecular flexibility index (Phi) is 5.44. The van der Waals surface area contributed by atoms with E-state index in [1.165, 1.54) is 30.5 Å². The van der Waals surface area contributed by atoms with Crippen LogP contribution in [-0.2, 0) is 10.0 Å². The highest BCUT2D eigenvalue weighted by Gasteiger charge is 2.12. The van der Waals surface area contributed by atoms with Crippen LogP contribution in [-0.4, -0.2) is 21.7 Å². The third kappa shape index (κ3) is 4.22. The van der Waals surface area contributed by atoms with Crippen molar-refractivity contribution >= 4 is 43.8 Å². The van der Waals surface area contributed by atoms with Gasteiger partial charge in [0.05, 0.1) is 18.2 Å². The third-order valence-electron chi connectivity index (χ3n) is 2.70. The van der Waals surface area contributed by atoms with E-state index >= 15 is 0 Å². The maximum Gasteiger partial charge on any atom is 0.276 e. The summed E-state index contributed by atoms with van der Waals surface area (Å²) < 4.78 is 29.9. The number of sulfonamides is 1. The van der Waals surface area contributed by atoms with Crippen molar-refractivity contribution in [3.63, 3.8) is 0 Å². The third-order valence-corrected chi connectivity index (χ3v) is 4.92. The van der Waals surface area contributed by atoms with Crippen LogP contribution in [0.15, 0.2) is 56.9 Å². The molecule has 0 saturated heterocycles. The summed E-state index contributed by atoms with van der Waals surface area (Å²) in [6, 6.07) is 11.1. The second-order valence-electron chi connectivity index (χ2n) is 4.19. The van der Waals surface area contributed by atoms with Crippen LogP contribution in [0.25, 0.3) is 0 Å². The van der Waals surface area contributed by atoms with Crippen molar-refractivity contribution in [2.45, 2.75) is 4.90 Å². The lowest BCUT2D eigenvalue weighted by atomic mass is 10.2. The first-order valence-corrected chi connectivity index (χ1v) is 8.72. The van der Waals surface area contributed by atoms with E-state index < -0.39 is 10.0 Å². The van der Waals surface area contributed by atoms with Crippen LogP contribution in [0.3, 0.4) is 0 Å². The van der Waals surface area contributed by atoms with Crippen LogP contribution < -0.4 is 9.57 Å². The second-order valence-corrected chi connectivity index (χ2v) is 7.15. The zero-order valence-electron chi connectivity index (χ0n) is 11.5. The van der Waals surface area contributed by atoms with Crippen LogP contribution in [0.2, 0.25) is 5.02 Å². The lowest BCUT2D eigenvalue weighted by molar-refractivity contribution is 0.414. The number of nitrogens with one attached hydrogen (secondary N) is 1. The average Bonchev–Trinajstić information content (AvgIpc) is 2.49. The predicted octanol–water partition coefficient (Wildman–Crippen LogP) is 3.42. The monoisotopic (exact) mass is 402 g/mol. The number of hydrogen-bond donors (Lipinski definition) is 1. The van der Waals surface area contributed by atoms with Gasteiger partial charge in [-0.3, -0.25) is 0 Å². The minimum absolute atomic E-state index is 0.0822. The van der Waals surface area contributed by atoms with E-state index in [0.717, 1.165) is 4.47 Å². The van der Waals surface area contributed by atoms with Gasteiger partial charge in [-0.05, 0) is 42.5 Å². The Morgan fingerprint density at radius 2 is 1.91 bits per heavy atom. The van der Waals surface area contributed by atoms with Gasteiger partial charge in [0.15, 0.2) is 0 Å². The number of hydrazone groups is 1. The zero-order chi connectivity index (χ0) is 16.2. The molecule has 116 valence electrons. The Morgan fingerprint density at radius 3 is 2.55 bits per heavy atom. The molecule has 2 aromatic carbocycles. The number of methoxy groups -OCH3 is 1. The first kappa shape index (κ1) is 16.8. The summed E-state index contributed by atoms with van der Waals surface area (Å²) in [7, 11) is -2.18. The first-order valence-electron chi connectivity index (χ1n) is 6.06. The van der Waals surface area contributed by atoms with Crippen molar-refractivity contribution in [2.75, 3.05) is 7.11 Å². The van der Waals surface area contributed by atoms with Crippen molar-refractivity contribution in [3.05, 3.63) is 57.5 Å². The van der Waals surface area contributed by atoms with Crippen molar-refractivity contribution in [1.29, 1.82) is 0 Å². The van der Waals surface area contributed by atoms with Gasteiger partial charge >= 0.3 is 0 Å². The van der Waals surface area contributed by atoms with Crippen LogP contribution in [0.5, 0.6) is 5.75 Å². The molecule has 0 saturated carbocycles. The molecule has 0 aromatic heterocycles. The Balaban J connectivity index is 2.16. The quantitative estimate of drug-likeness (QED) is 0.614. The summed E-state index contributed by atoms with van der Waals surface area (Å²) in [6.07, 6.45) is 1.39. The van der Waals surface area contributed by atoms with Crippen LogP contribution in [0, 0.1) is 0 Å². The summed E-state index contributed by atoms with van der Waals surface area (Å²) in [4.78, 5) is 2.23. The van der Waals surface area contributed by atoms with Gasteiger partial charge in [-0.25, -0.2) is 4.83 Å². The number of hydrogen-bond acceptors (Lipinski definition) is 4. The highest BCUT2D eigenvalue weighted by Crippen LogP contribution is 2.21. The summed E-state index contributed by atoms with van der Waals surface area (Å²) >= 11 is 9.08. The van der Waals surface area contributed by atoms with Gasteiger partial charge in [0.1, 0.15) is 5.75 Å². The standard InChI is InChI=1S/C14H12BrClN2O3S/c1-21-12-4-7-14(15)10(8-12)9-17-18-22(19,20)13-5-2-11(16)3-6-13/h2-9,18H,1H3/b17-9+. The predicted molar refractivity (Wildman–Crippen MR) is 90.1 cm³/mol. The van der Waals surface area contributed by atoms with E-state index in [1.807, 2.05) is 0 Å². The molecular formula is C14H12BrClN2O3S. The molecule has 1 N–H and O–H groups in total. The number of ether oxygens (including phenoxy) is 1. The SMILES string of the molecule is COc1ccc(Br)c(/C=N/NS(=O)(=O)c2ccc(Cl)cc2)c1. The largest absolute Gasteiger partial charge is 0.497 e. The highest BCUT2D eigenvalue weighted by atomic mass is 79.9. The van der Waals surface area contributed by atoms with E-state index in [2.05, 4.69) is 25.9 Å². The van der Waals surface area contributed by atoms with Gasteiger partial charge in [-0.15, -0.1) is 0 Å². The van der Waals surface area contributed by atoms with E-state index in [9.17, 15) is 8.42 Å². The molecule has 2 rings (SSSR count). The first-order chi connectivity index (χ1) is 10.4. The minimum Gasteiger partial charge on any atom is -0.497 e. The Hall–Kier alpha value is -1.57. The fraction of sp³-hybridized carbons (Fsp3) is 0.0714. The van der Waals surface area contributed by atoms with E-state index in [-0.39, 0.29) is 4.90 Å². The molecule has 8 heteroatoms. The molecule has 0 aliphatic rings. The van der Waals surface area contributed by atoms with Crippen molar-refractivity contribution in [2.24, 2.45) is 5.10 Å². The molecule has 0 amide bonds. The lowest BCUT2D eigenvalue weighted by Crippen LogP contribution is -2.18. The Labute approximate surface area is 142 Å². The lowest BCUT2D eigenvalue weighted by Gasteiger charge is -2.05. The van der Waals surface area contributed by atoms with Crippen LogP contribution in [0.4, 0.5) is 0 Å². The Morgan fingerprint density at radius 1 is 1.23 bits per heavy atom. The molecular weight excluding hydrogens is 392 g/mol. The molecule has 0 fully saturated rings. The molecule has 2 aromatic rings. The molecule has 0 aliphatic heterocycles. The molecule has 22 heavy (non-hydrogen) atoms. The minimum atomic E-state index is -3.73. The van der Waals surface area contributed by atoms with E-state index in [0.29, 0.717) is 16.3 Å². The second kappa shape index (κ2) is 7.13. The number of halogens is 2. The van der Waals surface area contributed by atoms with Crippen molar-refractivity contribution in [1.82, 2.24) is 4.83 Å². The highest BCUT2D eigenvalue weighted by molar-refractivity contribution is 9.10. The van der Waals surface area contributed by atoms with Gasteiger partial charge in [0.25, 0.3) is 10.0 Å². The van der Waals surface area contributed by atoms with E-state index in [1.54, 1.807) is 25.3 Å². The van der Waals surface area contributed by atoms with Gasteiger partial charge in [-0.2, -0.15) is 13.5 Å². The van der Waals surface area contributed by atoms with Gasteiger partial charge in [0.2, 0.25) is 0 Å². The summed E-state index contributed by atoms with van der Waals surface area (Å²) in [6.45, 7) is 0. The summed E-state index contributed by atoms with van der Waals surface area (Å²) in [5.74, 6) is 0.644. The zero-order valence-corrected chi connectivity index (χ0v) is 14.6. The normalized spacial score (nSPS) is 11.6. The van der Waals surface area contributed by atoms with Crippen LogP contribution >= 0.6 is 27.5 Å². The van der Waals surface area contributed by atoms with Crippen LogP contribution in [0.1, 0.15) is 5.56 Å². The van der Waals surface area contributed by atoms with Gasteiger partial charge < -0.3 is 4.74 Å². The van der Waals surface area contributed by atoms with Crippen molar-refractivity contribution in [3.8, 4) is 5.75 Å². The molecule has 5 nitrogen and oxygen atoms in total. The fourth-order valence-corrected chi connectivity index (χ4v) is 2.85. The Bertz CT molecular complexity index is 792. The smallest absolute Gasteiger partial charge is 0.276 e. The molecule has 0 radical (unpaired) electrons.